The van der Waals surface area contributed by atoms with Crippen molar-refractivity contribution in [1.82, 2.24) is 9.78 Å². The van der Waals surface area contributed by atoms with Gasteiger partial charge in [-0.15, -0.1) is 0 Å². The number of benzene rings is 1. The van der Waals surface area contributed by atoms with E-state index in [1.165, 1.54) is 0 Å². The number of aromatic nitrogens is 2. The summed E-state index contributed by atoms with van der Waals surface area (Å²) in [5.74, 6) is 0.825. The van der Waals surface area contributed by atoms with Crippen LogP contribution in [-0.4, -0.2) is 16.4 Å². The van der Waals surface area contributed by atoms with Crippen LogP contribution in [0.2, 0.25) is 0 Å². The lowest BCUT2D eigenvalue weighted by molar-refractivity contribution is 0.289. The SMILES string of the molecule is CCCc1cc(=O)n(CCOc2ccccc2)[nH]1. The van der Waals surface area contributed by atoms with Gasteiger partial charge in [-0.2, -0.15) is 0 Å². The molecule has 1 N–H and O–H groups in total. The van der Waals surface area contributed by atoms with Crippen molar-refractivity contribution in [3.63, 3.8) is 0 Å². The van der Waals surface area contributed by atoms with E-state index in [1.807, 2.05) is 30.3 Å². The third-order valence-electron chi connectivity index (χ3n) is 2.69. The Bertz CT molecular complexity index is 528. The first-order valence-electron chi connectivity index (χ1n) is 6.26. The van der Waals surface area contributed by atoms with Gasteiger partial charge in [-0.25, -0.2) is 4.68 Å². The first kappa shape index (κ1) is 12.5. The van der Waals surface area contributed by atoms with Crippen molar-refractivity contribution in [1.29, 1.82) is 0 Å². The molecule has 1 aromatic carbocycles. The first-order valence-corrected chi connectivity index (χ1v) is 6.26. The largest absolute Gasteiger partial charge is 0.492 e. The van der Waals surface area contributed by atoms with E-state index in [0.29, 0.717) is 13.2 Å². The minimum atomic E-state index is 0.00936. The summed E-state index contributed by atoms with van der Waals surface area (Å²) in [6, 6.07) is 11.3. The van der Waals surface area contributed by atoms with Crippen LogP contribution in [0.15, 0.2) is 41.2 Å². The van der Waals surface area contributed by atoms with Crippen LogP contribution in [0.5, 0.6) is 5.75 Å². The standard InChI is InChI=1S/C14H18N2O2/c1-2-6-12-11-14(17)16(15-12)9-10-18-13-7-4-3-5-8-13/h3-5,7-8,11,15H,2,6,9-10H2,1H3. The van der Waals surface area contributed by atoms with Gasteiger partial charge in [0.05, 0.1) is 6.54 Å². The minimum Gasteiger partial charge on any atom is -0.492 e. The molecule has 18 heavy (non-hydrogen) atoms. The summed E-state index contributed by atoms with van der Waals surface area (Å²) < 4.78 is 7.15. The van der Waals surface area contributed by atoms with E-state index in [4.69, 9.17) is 4.74 Å². The second-order valence-electron chi connectivity index (χ2n) is 4.18. The molecular weight excluding hydrogens is 228 g/mol. The number of H-pyrrole nitrogens is 1. The summed E-state index contributed by atoms with van der Waals surface area (Å²) in [6.45, 7) is 3.11. The summed E-state index contributed by atoms with van der Waals surface area (Å²) in [4.78, 5) is 11.6. The Balaban J connectivity index is 1.88. The zero-order valence-electron chi connectivity index (χ0n) is 10.6. The lowest BCUT2D eigenvalue weighted by atomic mass is 10.3. The third kappa shape index (κ3) is 3.26. The Labute approximate surface area is 106 Å². The second kappa shape index (κ2) is 6.10. The molecule has 2 aromatic rings. The number of nitrogens with zero attached hydrogens (tertiary/aromatic N) is 1. The number of hydrogen-bond donors (Lipinski definition) is 1. The predicted molar refractivity (Wildman–Crippen MR) is 71.0 cm³/mol. The number of aryl methyl sites for hydroxylation is 1. The van der Waals surface area contributed by atoms with Gasteiger partial charge in [0.2, 0.25) is 0 Å². The van der Waals surface area contributed by atoms with Gasteiger partial charge < -0.3 is 4.74 Å². The van der Waals surface area contributed by atoms with Crippen molar-refractivity contribution in [2.24, 2.45) is 0 Å². The monoisotopic (exact) mass is 246 g/mol. The van der Waals surface area contributed by atoms with Gasteiger partial charge in [-0.05, 0) is 18.6 Å². The molecule has 4 heteroatoms. The Morgan fingerprint density at radius 3 is 2.78 bits per heavy atom. The highest BCUT2D eigenvalue weighted by molar-refractivity contribution is 5.20. The van der Waals surface area contributed by atoms with Gasteiger partial charge in [0.1, 0.15) is 12.4 Å². The van der Waals surface area contributed by atoms with Gasteiger partial charge >= 0.3 is 0 Å². The van der Waals surface area contributed by atoms with E-state index < -0.39 is 0 Å². The normalized spacial score (nSPS) is 10.5. The van der Waals surface area contributed by atoms with Crippen LogP contribution in [0.3, 0.4) is 0 Å². The number of ether oxygens (including phenoxy) is 1. The van der Waals surface area contributed by atoms with Crippen LogP contribution >= 0.6 is 0 Å². The van der Waals surface area contributed by atoms with E-state index in [9.17, 15) is 4.79 Å². The smallest absolute Gasteiger partial charge is 0.266 e. The molecule has 96 valence electrons. The number of para-hydroxylation sites is 1. The molecule has 0 aliphatic carbocycles. The summed E-state index contributed by atoms with van der Waals surface area (Å²) in [7, 11) is 0. The van der Waals surface area contributed by atoms with Gasteiger partial charge in [-0.1, -0.05) is 31.5 Å². The zero-order valence-corrected chi connectivity index (χ0v) is 10.6. The average molecular weight is 246 g/mol. The van der Waals surface area contributed by atoms with Crippen molar-refractivity contribution in [2.75, 3.05) is 6.61 Å². The molecule has 0 aliphatic rings. The maximum Gasteiger partial charge on any atom is 0.266 e. The van der Waals surface area contributed by atoms with Gasteiger partial charge in [0.15, 0.2) is 0 Å². The molecule has 1 heterocycles. The van der Waals surface area contributed by atoms with Crippen LogP contribution in [0, 0.1) is 0 Å². The van der Waals surface area contributed by atoms with Gasteiger partial charge in [-0.3, -0.25) is 9.89 Å². The molecule has 4 nitrogen and oxygen atoms in total. The number of rotatable bonds is 6. The fourth-order valence-electron chi connectivity index (χ4n) is 1.82. The summed E-state index contributed by atoms with van der Waals surface area (Å²) in [6.07, 6.45) is 1.93. The molecule has 0 amide bonds. The molecule has 0 aliphatic heterocycles. The highest BCUT2D eigenvalue weighted by atomic mass is 16.5. The number of nitrogens with one attached hydrogen (secondary N) is 1. The van der Waals surface area contributed by atoms with Crippen molar-refractivity contribution in [2.45, 2.75) is 26.3 Å². The Morgan fingerprint density at radius 1 is 1.28 bits per heavy atom. The summed E-state index contributed by atoms with van der Waals surface area (Å²) in [5, 5.41) is 3.09. The fourth-order valence-corrected chi connectivity index (χ4v) is 1.82. The first-order chi connectivity index (χ1) is 8.79. The summed E-state index contributed by atoms with van der Waals surface area (Å²) in [5.41, 5.74) is 0.998. The van der Waals surface area contributed by atoms with Crippen LogP contribution in [0.4, 0.5) is 0 Å². The zero-order chi connectivity index (χ0) is 12.8. The molecule has 0 unspecified atom stereocenters. The van der Waals surface area contributed by atoms with Crippen LogP contribution in [-0.2, 0) is 13.0 Å². The molecule has 0 saturated heterocycles. The van der Waals surface area contributed by atoms with Crippen LogP contribution in [0.25, 0.3) is 0 Å². The van der Waals surface area contributed by atoms with Crippen LogP contribution in [0.1, 0.15) is 19.0 Å². The molecule has 0 radical (unpaired) electrons. The highest BCUT2D eigenvalue weighted by Crippen LogP contribution is 2.07. The quantitative estimate of drug-likeness (QED) is 0.849. The van der Waals surface area contributed by atoms with Crippen molar-refractivity contribution < 1.29 is 4.74 Å². The topological polar surface area (TPSA) is 47.0 Å². The average Bonchev–Trinajstić information content (AvgIpc) is 2.72. The molecule has 0 saturated carbocycles. The molecule has 0 bridgehead atoms. The van der Waals surface area contributed by atoms with E-state index >= 15 is 0 Å². The third-order valence-corrected chi connectivity index (χ3v) is 2.69. The van der Waals surface area contributed by atoms with E-state index in [2.05, 4.69) is 12.0 Å². The van der Waals surface area contributed by atoms with Crippen molar-refractivity contribution in [3.8, 4) is 5.75 Å². The second-order valence-corrected chi connectivity index (χ2v) is 4.18. The maximum absolute atomic E-state index is 11.6. The predicted octanol–water partition coefficient (Wildman–Crippen LogP) is 2.21. The van der Waals surface area contributed by atoms with E-state index in [0.717, 1.165) is 24.3 Å². The van der Waals surface area contributed by atoms with Crippen molar-refractivity contribution >= 4 is 0 Å². The lowest BCUT2D eigenvalue weighted by Crippen LogP contribution is -2.20. The molecule has 2 rings (SSSR count). The van der Waals surface area contributed by atoms with Gasteiger partial charge in [0.25, 0.3) is 5.56 Å². The maximum atomic E-state index is 11.6. The minimum absolute atomic E-state index is 0.00936. The molecule has 1 aromatic heterocycles. The fraction of sp³-hybridized carbons (Fsp3) is 0.357. The Morgan fingerprint density at radius 2 is 2.06 bits per heavy atom. The number of aromatic amines is 1. The van der Waals surface area contributed by atoms with Crippen LogP contribution < -0.4 is 10.3 Å². The number of hydrogen-bond acceptors (Lipinski definition) is 2. The molecule has 0 spiro atoms. The van der Waals surface area contributed by atoms with Crippen molar-refractivity contribution in [3.05, 3.63) is 52.4 Å². The molecule has 0 fully saturated rings. The lowest BCUT2D eigenvalue weighted by Gasteiger charge is -2.06. The van der Waals surface area contributed by atoms with Gasteiger partial charge in [0, 0.05) is 11.8 Å². The molecule has 0 atom stereocenters. The molecular formula is C14H18N2O2. The van der Waals surface area contributed by atoms with E-state index in [1.54, 1.807) is 10.7 Å². The Kier molecular flexibility index (Phi) is 4.23. The van der Waals surface area contributed by atoms with E-state index in [-0.39, 0.29) is 5.56 Å². The highest BCUT2D eigenvalue weighted by Gasteiger charge is 2.02. The summed E-state index contributed by atoms with van der Waals surface area (Å²) >= 11 is 0. The Hall–Kier alpha value is -1.97.